The third-order valence-electron chi connectivity index (χ3n) is 8.82. The molecular formula is C35H34F3N5O7. The molecule has 12 nitrogen and oxygen atoms in total. The van der Waals surface area contributed by atoms with Crippen LogP contribution in [0.2, 0.25) is 0 Å². The van der Waals surface area contributed by atoms with Crippen molar-refractivity contribution in [3.63, 3.8) is 0 Å². The van der Waals surface area contributed by atoms with Crippen molar-refractivity contribution >= 4 is 0 Å². The summed E-state index contributed by atoms with van der Waals surface area (Å²) in [6.07, 6.45) is -5.46. The Morgan fingerprint density at radius 3 is 2.04 bits per heavy atom. The van der Waals surface area contributed by atoms with E-state index in [9.17, 15) is 27.9 Å². The summed E-state index contributed by atoms with van der Waals surface area (Å²) in [4.78, 5) is 27.2. The lowest BCUT2D eigenvalue weighted by atomic mass is 9.79. The predicted molar refractivity (Wildman–Crippen MR) is 173 cm³/mol. The van der Waals surface area contributed by atoms with E-state index < -0.39 is 59.8 Å². The molecule has 0 saturated carbocycles. The molecular weight excluding hydrogens is 659 g/mol. The molecule has 2 N–H and O–H groups in total. The van der Waals surface area contributed by atoms with Crippen LogP contribution in [0.4, 0.5) is 13.2 Å². The molecule has 5 aromatic rings. The summed E-state index contributed by atoms with van der Waals surface area (Å²) in [6, 6.07) is 23.6. The number of aromatic amines is 1. The van der Waals surface area contributed by atoms with E-state index in [-0.39, 0.29) is 12.0 Å². The zero-order chi connectivity index (χ0) is 35.7. The zero-order valence-electron chi connectivity index (χ0n) is 27.3. The second kappa shape index (κ2) is 13.6. The number of hydrogen-bond acceptors (Lipinski definition) is 9. The Kier molecular flexibility index (Phi) is 9.39. The first kappa shape index (κ1) is 34.6. The second-order valence-electron chi connectivity index (χ2n) is 12.0. The Bertz CT molecular complexity index is 2000. The number of methoxy groups -OCH3 is 2. The Labute approximate surface area is 283 Å². The molecule has 1 fully saturated rings. The summed E-state index contributed by atoms with van der Waals surface area (Å²) in [5.41, 5.74) is -3.59. The molecule has 1 aliphatic rings. The van der Waals surface area contributed by atoms with E-state index in [2.05, 4.69) is 15.3 Å². The maximum atomic E-state index is 13.6. The van der Waals surface area contributed by atoms with Gasteiger partial charge >= 0.3 is 11.9 Å². The lowest BCUT2D eigenvalue weighted by Crippen LogP contribution is -2.50. The minimum atomic E-state index is -4.77. The highest BCUT2D eigenvalue weighted by molar-refractivity contribution is 5.49. The minimum Gasteiger partial charge on any atom is -0.497 e. The summed E-state index contributed by atoms with van der Waals surface area (Å²) < 4.78 is 67.0. The van der Waals surface area contributed by atoms with E-state index in [1.165, 1.54) is 13.1 Å². The normalized spacial score (nSPS) is 19.4. The molecule has 0 amide bonds. The molecule has 1 aliphatic heterocycles. The van der Waals surface area contributed by atoms with Crippen molar-refractivity contribution in [1.29, 1.82) is 0 Å². The molecule has 3 atom stereocenters. The molecule has 262 valence electrons. The molecule has 0 aliphatic carbocycles. The molecule has 15 heteroatoms. The maximum Gasteiger partial charge on any atom is 0.436 e. The van der Waals surface area contributed by atoms with Crippen molar-refractivity contribution in [2.24, 2.45) is 0 Å². The van der Waals surface area contributed by atoms with E-state index in [0.717, 1.165) is 9.25 Å². The minimum absolute atomic E-state index is 0.168. The fourth-order valence-electron chi connectivity index (χ4n) is 6.18. The molecule has 2 aromatic heterocycles. The van der Waals surface area contributed by atoms with Gasteiger partial charge in [0, 0.05) is 18.2 Å². The van der Waals surface area contributed by atoms with Crippen molar-refractivity contribution in [3.05, 3.63) is 140 Å². The van der Waals surface area contributed by atoms with Crippen molar-refractivity contribution in [2.75, 3.05) is 20.8 Å². The third kappa shape index (κ3) is 6.54. The van der Waals surface area contributed by atoms with Gasteiger partial charge in [0.05, 0.1) is 39.7 Å². The largest absolute Gasteiger partial charge is 0.497 e. The molecule has 0 unspecified atom stereocenters. The number of halogens is 3. The number of rotatable bonds is 11. The number of aryl methyl sites for hydroxylation is 1. The van der Waals surface area contributed by atoms with Crippen molar-refractivity contribution in [2.45, 2.75) is 49.6 Å². The van der Waals surface area contributed by atoms with Gasteiger partial charge in [0.25, 0.3) is 5.56 Å². The second-order valence-corrected chi connectivity index (χ2v) is 12.0. The van der Waals surface area contributed by atoms with Gasteiger partial charge in [-0.1, -0.05) is 59.8 Å². The SMILES string of the molecule is COc1ccc(C(OC[C@@]2(Cn3cc(C(F)(F)F)nn3)O[C@@H](n3cc(C)c(=O)[nH]c3=O)C[C@@H]2O)(c2ccccc2)c2ccc(OC)cc2)cc1. The summed E-state index contributed by atoms with van der Waals surface area (Å²) in [5.74, 6) is 1.18. The summed E-state index contributed by atoms with van der Waals surface area (Å²) >= 11 is 0. The fraction of sp³-hybridized carbons (Fsp3) is 0.314. The quantitative estimate of drug-likeness (QED) is 0.195. The van der Waals surface area contributed by atoms with Crippen molar-refractivity contribution < 1.29 is 37.2 Å². The van der Waals surface area contributed by atoms with Crippen LogP contribution in [-0.2, 0) is 27.8 Å². The molecule has 1 saturated heterocycles. The van der Waals surface area contributed by atoms with Gasteiger partial charge in [-0.3, -0.25) is 14.3 Å². The average molecular weight is 694 g/mol. The van der Waals surface area contributed by atoms with Crippen LogP contribution >= 0.6 is 0 Å². The Hall–Kier alpha value is -5.25. The number of alkyl halides is 3. The van der Waals surface area contributed by atoms with Crippen LogP contribution in [0.5, 0.6) is 11.5 Å². The van der Waals surface area contributed by atoms with E-state index >= 15 is 0 Å². The molecule has 3 heterocycles. The smallest absolute Gasteiger partial charge is 0.436 e. The average Bonchev–Trinajstić information content (AvgIpc) is 3.72. The predicted octanol–water partition coefficient (Wildman–Crippen LogP) is 4.20. The van der Waals surface area contributed by atoms with E-state index in [4.69, 9.17) is 18.9 Å². The molecule has 3 aromatic carbocycles. The monoisotopic (exact) mass is 693 g/mol. The van der Waals surface area contributed by atoms with Gasteiger partial charge in [-0.2, -0.15) is 13.2 Å². The Morgan fingerprint density at radius 1 is 0.920 bits per heavy atom. The van der Waals surface area contributed by atoms with Gasteiger partial charge in [0.1, 0.15) is 28.9 Å². The lowest BCUT2D eigenvalue weighted by Gasteiger charge is -2.40. The van der Waals surface area contributed by atoms with Crippen LogP contribution in [0, 0.1) is 6.92 Å². The topological polar surface area (TPSA) is 143 Å². The number of nitrogens with zero attached hydrogens (tertiary/aromatic N) is 4. The third-order valence-corrected chi connectivity index (χ3v) is 8.82. The van der Waals surface area contributed by atoms with E-state index in [1.807, 2.05) is 54.6 Å². The van der Waals surface area contributed by atoms with Gasteiger partial charge in [-0.05, 0) is 47.9 Å². The van der Waals surface area contributed by atoms with Crippen LogP contribution in [0.3, 0.4) is 0 Å². The molecule has 0 radical (unpaired) electrons. The highest BCUT2D eigenvalue weighted by Crippen LogP contribution is 2.45. The van der Waals surface area contributed by atoms with Crippen molar-refractivity contribution in [3.8, 4) is 11.5 Å². The highest BCUT2D eigenvalue weighted by atomic mass is 19.4. The summed E-state index contributed by atoms with van der Waals surface area (Å²) in [5, 5.41) is 18.7. The van der Waals surface area contributed by atoms with Gasteiger partial charge in [-0.15, -0.1) is 5.10 Å². The van der Waals surface area contributed by atoms with Gasteiger partial charge in [-0.25, -0.2) is 9.48 Å². The Balaban J connectivity index is 1.50. The number of H-pyrrole nitrogens is 1. The highest BCUT2D eigenvalue weighted by Gasteiger charge is 2.52. The molecule has 6 rings (SSSR count). The van der Waals surface area contributed by atoms with Crippen molar-refractivity contribution in [1.82, 2.24) is 24.5 Å². The van der Waals surface area contributed by atoms with Gasteiger partial charge < -0.3 is 24.1 Å². The van der Waals surface area contributed by atoms with Crippen LogP contribution in [0.1, 0.15) is 40.6 Å². The number of hydrogen-bond donors (Lipinski definition) is 2. The van der Waals surface area contributed by atoms with E-state index in [0.29, 0.717) is 34.4 Å². The number of aliphatic hydroxyl groups is 1. The number of benzene rings is 3. The van der Waals surface area contributed by atoms with Crippen LogP contribution in [0.25, 0.3) is 0 Å². The summed E-state index contributed by atoms with van der Waals surface area (Å²) in [6.45, 7) is 0.638. The number of aliphatic hydroxyl groups excluding tert-OH is 1. The Morgan fingerprint density at radius 2 is 1.50 bits per heavy atom. The lowest BCUT2D eigenvalue weighted by molar-refractivity contribution is -0.169. The van der Waals surface area contributed by atoms with Crippen LogP contribution in [0.15, 0.2) is 101 Å². The fourth-order valence-corrected chi connectivity index (χ4v) is 6.18. The van der Waals surface area contributed by atoms with E-state index in [1.54, 1.807) is 38.5 Å². The molecule has 0 spiro atoms. The number of ether oxygens (including phenoxy) is 4. The maximum absolute atomic E-state index is 13.6. The summed E-state index contributed by atoms with van der Waals surface area (Å²) in [7, 11) is 3.09. The number of aromatic nitrogens is 5. The zero-order valence-corrected chi connectivity index (χ0v) is 27.3. The van der Waals surface area contributed by atoms with Crippen LogP contribution in [-0.4, -0.2) is 62.2 Å². The standard InChI is InChI=1S/C35H34F3N5O7/c1-22-18-43(32(46)39-31(22)45)30-17-29(44)33(50-30,20-42-19-28(40-41-42)35(36,37)38)21-49-34(23-7-5-4-6-8-23,24-9-13-26(47-2)14-10-24)25-11-15-27(48-3)16-12-25/h4-16,18-19,29-30,44H,17,20-21H2,1-3H3,(H,39,45,46)/t29-,30+,33+/m0/s1. The number of nitrogens with one attached hydrogen (secondary N) is 1. The van der Waals surface area contributed by atoms with Gasteiger partial charge in [0.2, 0.25) is 0 Å². The molecule has 50 heavy (non-hydrogen) atoms. The first-order chi connectivity index (χ1) is 23.9. The molecule has 0 bridgehead atoms. The first-order valence-electron chi connectivity index (χ1n) is 15.5. The first-order valence-corrected chi connectivity index (χ1v) is 15.5. The van der Waals surface area contributed by atoms with Crippen LogP contribution < -0.4 is 20.7 Å². The van der Waals surface area contributed by atoms with Gasteiger partial charge in [0.15, 0.2) is 5.69 Å².